The van der Waals surface area contributed by atoms with Gasteiger partial charge in [-0.2, -0.15) is 0 Å². The van der Waals surface area contributed by atoms with Crippen LogP contribution in [-0.2, 0) is 6.54 Å². The van der Waals surface area contributed by atoms with Crippen molar-refractivity contribution in [3.05, 3.63) is 64.1 Å². The molecule has 0 aliphatic rings. The Kier molecular flexibility index (Phi) is 4.58. The molecule has 0 bridgehead atoms. The van der Waals surface area contributed by atoms with Gasteiger partial charge in [0.1, 0.15) is 0 Å². The van der Waals surface area contributed by atoms with E-state index in [0.29, 0.717) is 12.1 Å². The molecule has 1 amide bonds. The second-order valence-corrected chi connectivity index (χ2v) is 5.06. The van der Waals surface area contributed by atoms with Crippen LogP contribution in [0.4, 0.5) is 5.69 Å². The molecule has 2 rings (SSSR count). The van der Waals surface area contributed by atoms with Gasteiger partial charge in [-0.1, -0.05) is 28.1 Å². The smallest absolute Gasteiger partial charge is 0.251 e. The lowest BCUT2D eigenvalue weighted by Crippen LogP contribution is -2.22. The number of rotatable bonds is 4. The summed E-state index contributed by atoms with van der Waals surface area (Å²) in [7, 11) is 1.85. The van der Waals surface area contributed by atoms with Crippen molar-refractivity contribution in [1.82, 2.24) is 5.32 Å². The summed E-state index contributed by atoms with van der Waals surface area (Å²) in [5, 5.41) is 5.92. The predicted octanol–water partition coefficient (Wildman–Crippen LogP) is 3.42. The van der Waals surface area contributed by atoms with E-state index in [1.807, 2.05) is 55.6 Å². The zero-order valence-electron chi connectivity index (χ0n) is 10.6. The second-order valence-electron chi connectivity index (χ2n) is 4.14. The van der Waals surface area contributed by atoms with Gasteiger partial charge in [0, 0.05) is 29.3 Å². The average molecular weight is 319 g/mol. The van der Waals surface area contributed by atoms with E-state index in [9.17, 15) is 4.79 Å². The summed E-state index contributed by atoms with van der Waals surface area (Å²) in [5.41, 5.74) is 2.71. The number of anilines is 1. The van der Waals surface area contributed by atoms with E-state index in [1.54, 1.807) is 0 Å². The number of carbonyl (C=O) groups is 1. The van der Waals surface area contributed by atoms with Crippen LogP contribution in [0.25, 0.3) is 0 Å². The maximum atomic E-state index is 12.0. The Morgan fingerprint density at radius 1 is 1.16 bits per heavy atom. The molecule has 2 aromatic carbocycles. The van der Waals surface area contributed by atoms with Crippen molar-refractivity contribution in [3.63, 3.8) is 0 Å². The molecule has 0 saturated heterocycles. The monoisotopic (exact) mass is 318 g/mol. The van der Waals surface area contributed by atoms with Crippen LogP contribution in [0.3, 0.4) is 0 Å². The van der Waals surface area contributed by atoms with E-state index in [0.717, 1.165) is 15.7 Å². The Hall–Kier alpha value is -1.81. The zero-order chi connectivity index (χ0) is 13.7. The summed E-state index contributed by atoms with van der Waals surface area (Å²) >= 11 is 3.41. The molecule has 0 heterocycles. The summed E-state index contributed by atoms with van der Waals surface area (Å²) in [5.74, 6) is -0.0670. The highest BCUT2D eigenvalue weighted by Crippen LogP contribution is 2.12. The lowest BCUT2D eigenvalue weighted by Gasteiger charge is -2.06. The number of halogens is 1. The highest BCUT2D eigenvalue weighted by molar-refractivity contribution is 9.10. The molecule has 0 unspecified atom stereocenters. The number of carbonyl (C=O) groups excluding carboxylic acids is 1. The van der Waals surface area contributed by atoms with Crippen LogP contribution in [0.1, 0.15) is 15.9 Å². The second kappa shape index (κ2) is 6.38. The van der Waals surface area contributed by atoms with Crippen LogP contribution in [0, 0.1) is 0 Å². The van der Waals surface area contributed by atoms with E-state index in [2.05, 4.69) is 26.6 Å². The van der Waals surface area contributed by atoms with Gasteiger partial charge in [-0.25, -0.2) is 0 Å². The minimum absolute atomic E-state index is 0.0670. The average Bonchev–Trinajstić information content (AvgIpc) is 2.45. The first-order valence-corrected chi connectivity index (χ1v) is 6.79. The summed E-state index contributed by atoms with van der Waals surface area (Å²) < 4.78 is 1.01. The Balaban J connectivity index is 1.97. The van der Waals surface area contributed by atoms with E-state index < -0.39 is 0 Å². The van der Waals surface area contributed by atoms with E-state index in [-0.39, 0.29) is 5.91 Å². The molecule has 2 N–H and O–H groups in total. The lowest BCUT2D eigenvalue weighted by molar-refractivity contribution is 0.0951. The number of nitrogens with one attached hydrogen (secondary N) is 2. The van der Waals surface area contributed by atoms with Crippen molar-refractivity contribution >= 4 is 27.5 Å². The van der Waals surface area contributed by atoms with Crippen LogP contribution in [0.2, 0.25) is 0 Å². The lowest BCUT2D eigenvalue weighted by atomic mass is 10.2. The third-order valence-corrected chi connectivity index (χ3v) is 3.27. The van der Waals surface area contributed by atoms with Crippen LogP contribution in [0.5, 0.6) is 0 Å². The molecule has 0 atom stereocenters. The number of amides is 1. The van der Waals surface area contributed by atoms with Crippen LogP contribution in [-0.4, -0.2) is 13.0 Å². The highest BCUT2D eigenvalue weighted by atomic mass is 79.9. The van der Waals surface area contributed by atoms with Gasteiger partial charge < -0.3 is 10.6 Å². The molecule has 0 fully saturated rings. The molecule has 0 saturated carbocycles. The minimum Gasteiger partial charge on any atom is -0.388 e. The minimum atomic E-state index is -0.0670. The fourth-order valence-corrected chi connectivity index (χ4v) is 2.17. The Morgan fingerprint density at radius 2 is 1.89 bits per heavy atom. The molecule has 4 heteroatoms. The molecular weight excluding hydrogens is 304 g/mol. The van der Waals surface area contributed by atoms with Gasteiger partial charge in [0.05, 0.1) is 0 Å². The quantitative estimate of drug-likeness (QED) is 0.907. The maximum absolute atomic E-state index is 12.0. The predicted molar refractivity (Wildman–Crippen MR) is 81.3 cm³/mol. The van der Waals surface area contributed by atoms with Crippen LogP contribution >= 0.6 is 15.9 Å². The van der Waals surface area contributed by atoms with E-state index in [4.69, 9.17) is 0 Å². The Morgan fingerprint density at radius 3 is 2.53 bits per heavy atom. The van der Waals surface area contributed by atoms with Gasteiger partial charge in [-0.05, 0) is 42.0 Å². The molecule has 0 aliphatic carbocycles. The van der Waals surface area contributed by atoms with Gasteiger partial charge in [0.2, 0.25) is 0 Å². The van der Waals surface area contributed by atoms with Crippen molar-refractivity contribution in [1.29, 1.82) is 0 Å². The summed E-state index contributed by atoms with van der Waals surface area (Å²) in [6, 6.07) is 15.3. The maximum Gasteiger partial charge on any atom is 0.251 e. The van der Waals surface area contributed by atoms with Gasteiger partial charge in [-0.3, -0.25) is 4.79 Å². The zero-order valence-corrected chi connectivity index (χ0v) is 12.2. The molecule has 0 aliphatic heterocycles. The van der Waals surface area contributed by atoms with E-state index >= 15 is 0 Å². The number of hydrogen-bond donors (Lipinski definition) is 2. The molecular formula is C15H15BrN2O. The van der Waals surface area contributed by atoms with Crippen molar-refractivity contribution in [2.45, 2.75) is 6.54 Å². The van der Waals surface area contributed by atoms with Crippen LogP contribution < -0.4 is 10.6 Å². The molecule has 0 spiro atoms. The Bertz CT molecular complexity index is 567. The van der Waals surface area contributed by atoms with Crippen molar-refractivity contribution in [2.75, 3.05) is 12.4 Å². The summed E-state index contributed by atoms with van der Waals surface area (Å²) in [4.78, 5) is 12.0. The van der Waals surface area contributed by atoms with Crippen molar-refractivity contribution in [3.8, 4) is 0 Å². The highest BCUT2D eigenvalue weighted by Gasteiger charge is 2.04. The van der Waals surface area contributed by atoms with Gasteiger partial charge >= 0.3 is 0 Å². The Labute approximate surface area is 121 Å². The first-order chi connectivity index (χ1) is 9.19. The topological polar surface area (TPSA) is 41.1 Å². The molecule has 2 aromatic rings. The molecule has 0 aromatic heterocycles. The number of benzene rings is 2. The molecule has 0 radical (unpaired) electrons. The third kappa shape index (κ3) is 3.83. The molecule has 19 heavy (non-hydrogen) atoms. The fraction of sp³-hybridized carbons (Fsp3) is 0.133. The van der Waals surface area contributed by atoms with Crippen LogP contribution in [0.15, 0.2) is 53.0 Å². The van der Waals surface area contributed by atoms with Gasteiger partial charge in [0.25, 0.3) is 5.91 Å². The van der Waals surface area contributed by atoms with Gasteiger partial charge in [-0.15, -0.1) is 0 Å². The summed E-state index contributed by atoms with van der Waals surface area (Å²) in [6.07, 6.45) is 0. The first-order valence-electron chi connectivity index (χ1n) is 5.99. The van der Waals surface area contributed by atoms with Gasteiger partial charge in [0.15, 0.2) is 0 Å². The first kappa shape index (κ1) is 13.6. The van der Waals surface area contributed by atoms with Crippen molar-refractivity contribution < 1.29 is 4.79 Å². The normalized spacial score (nSPS) is 10.0. The van der Waals surface area contributed by atoms with Crippen molar-refractivity contribution in [2.24, 2.45) is 0 Å². The number of hydrogen-bond acceptors (Lipinski definition) is 2. The molecule has 98 valence electrons. The molecule has 3 nitrogen and oxygen atoms in total. The van der Waals surface area contributed by atoms with E-state index in [1.165, 1.54) is 0 Å². The fourth-order valence-electron chi connectivity index (χ4n) is 1.72. The largest absolute Gasteiger partial charge is 0.388 e. The summed E-state index contributed by atoms with van der Waals surface area (Å²) in [6.45, 7) is 0.520. The standard InChI is InChI=1S/C15H15BrN2O/c1-17-14-7-5-12(6-8-14)15(19)18-10-11-3-2-4-13(16)9-11/h2-9,17H,10H2,1H3,(H,18,19). The third-order valence-electron chi connectivity index (χ3n) is 2.78. The SMILES string of the molecule is CNc1ccc(C(=O)NCc2cccc(Br)c2)cc1.